The maximum Gasteiger partial charge on any atom is 0.417 e. The molecule has 2 aromatic carbocycles. The predicted octanol–water partition coefficient (Wildman–Crippen LogP) is 4.35. The first kappa shape index (κ1) is 13.8. The van der Waals surface area contributed by atoms with Crippen molar-refractivity contribution in [3.63, 3.8) is 0 Å². The predicted molar refractivity (Wildman–Crippen MR) is 86.7 cm³/mol. The average molecular weight is 448 g/mol. The zero-order chi connectivity index (χ0) is 14.3. The molecule has 0 saturated heterocycles. The average Bonchev–Trinajstić information content (AvgIpc) is 2.77. The molecule has 1 N–H and O–H groups in total. The summed E-state index contributed by atoms with van der Waals surface area (Å²) < 4.78 is 19.0. The minimum atomic E-state index is -0.473. The molecule has 0 amide bonds. The van der Waals surface area contributed by atoms with Gasteiger partial charge in [-0.15, -0.1) is 0 Å². The van der Waals surface area contributed by atoms with Gasteiger partial charge in [-0.3, -0.25) is 4.98 Å². The number of nitrogens with one attached hydrogen (secondary N) is 1. The van der Waals surface area contributed by atoms with E-state index in [1.54, 1.807) is 18.2 Å². The first-order valence-corrected chi connectivity index (χ1v) is 7.76. The van der Waals surface area contributed by atoms with Crippen LogP contribution in [0.25, 0.3) is 11.1 Å². The highest BCUT2D eigenvalue weighted by molar-refractivity contribution is 14.1. The van der Waals surface area contributed by atoms with E-state index in [9.17, 15) is 9.18 Å². The first-order chi connectivity index (χ1) is 9.54. The number of aromatic amines is 1. The second-order valence-electron chi connectivity index (χ2n) is 4.30. The smallest absolute Gasteiger partial charge is 0.408 e. The Kier molecular flexibility index (Phi) is 3.68. The fourth-order valence-electron chi connectivity index (χ4n) is 2.01. The Morgan fingerprint density at radius 3 is 2.80 bits per heavy atom. The van der Waals surface area contributed by atoms with Crippen molar-refractivity contribution < 1.29 is 8.81 Å². The van der Waals surface area contributed by atoms with Gasteiger partial charge >= 0.3 is 5.76 Å². The van der Waals surface area contributed by atoms with Crippen LogP contribution in [0.1, 0.15) is 16.0 Å². The third-order valence-corrected chi connectivity index (χ3v) is 4.93. The molecule has 20 heavy (non-hydrogen) atoms. The van der Waals surface area contributed by atoms with Gasteiger partial charge in [0.05, 0.1) is 10.3 Å². The number of alkyl halides is 1. The van der Waals surface area contributed by atoms with Crippen molar-refractivity contribution in [3.8, 4) is 0 Å². The molecule has 0 aliphatic rings. The summed E-state index contributed by atoms with van der Waals surface area (Å²) in [5.74, 6) is -0.732. The Morgan fingerprint density at radius 1 is 1.25 bits per heavy atom. The lowest BCUT2D eigenvalue weighted by Crippen LogP contribution is -1.96. The number of H-pyrrole nitrogens is 1. The van der Waals surface area contributed by atoms with Gasteiger partial charge in [0.15, 0.2) is 5.58 Å². The number of hydrogen-bond donors (Lipinski definition) is 1. The maximum atomic E-state index is 13.2. The lowest BCUT2D eigenvalue weighted by atomic mass is 10.0. The number of rotatable bonds is 2. The minimum absolute atomic E-state index is 0.0976. The van der Waals surface area contributed by atoms with Crippen LogP contribution in [0.3, 0.4) is 0 Å². The third kappa shape index (κ3) is 2.54. The van der Waals surface area contributed by atoms with Gasteiger partial charge in [0.2, 0.25) is 0 Å². The van der Waals surface area contributed by atoms with E-state index < -0.39 is 5.76 Å². The fourth-order valence-corrected chi connectivity index (χ4v) is 3.91. The number of hydrogen-bond acceptors (Lipinski definition) is 2. The van der Waals surface area contributed by atoms with Crippen molar-refractivity contribution >= 4 is 49.6 Å². The molecular formula is C14H8BrFINO2. The van der Waals surface area contributed by atoms with Crippen molar-refractivity contribution in [1.29, 1.82) is 0 Å². The van der Waals surface area contributed by atoms with Crippen molar-refractivity contribution in [2.45, 2.75) is 4.83 Å². The van der Waals surface area contributed by atoms with Gasteiger partial charge in [0.25, 0.3) is 0 Å². The van der Waals surface area contributed by atoms with Gasteiger partial charge in [-0.2, -0.15) is 0 Å². The van der Waals surface area contributed by atoms with Crippen LogP contribution in [-0.2, 0) is 0 Å². The molecule has 0 spiro atoms. The normalized spacial score (nSPS) is 12.8. The van der Waals surface area contributed by atoms with Crippen LogP contribution in [0, 0.1) is 9.39 Å². The summed E-state index contributed by atoms with van der Waals surface area (Å²) in [6.45, 7) is 0. The topological polar surface area (TPSA) is 46.0 Å². The summed E-state index contributed by atoms with van der Waals surface area (Å²) in [6, 6.07) is 10.1. The van der Waals surface area contributed by atoms with E-state index >= 15 is 0 Å². The summed E-state index contributed by atoms with van der Waals surface area (Å²) >= 11 is 5.71. The van der Waals surface area contributed by atoms with Crippen molar-refractivity contribution in [3.05, 3.63) is 67.5 Å². The van der Waals surface area contributed by atoms with Gasteiger partial charge in [0.1, 0.15) is 5.82 Å². The molecule has 3 aromatic rings. The van der Waals surface area contributed by atoms with Crippen molar-refractivity contribution in [1.82, 2.24) is 4.98 Å². The molecule has 1 heterocycles. The van der Waals surface area contributed by atoms with E-state index in [1.807, 2.05) is 6.07 Å². The van der Waals surface area contributed by atoms with Gasteiger partial charge in [-0.05, 0) is 58.0 Å². The largest absolute Gasteiger partial charge is 0.417 e. The Bertz CT molecular complexity index is 843. The quantitative estimate of drug-likeness (QED) is 0.469. The third-order valence-electron chi connectivity index (χ3n) is 2.97. The van der Waals surface area contributed by atoms with E-state index in [0.29, 0.717) is 11.1 Å². The van der Waals surface area contributed by atoms with E-state index in [1.165, 1.54) is 12.1 Å². The van der Waals surface area contributed by atoms with Crippen LogP contribution < -0.4 is 5.76 Å². The molecule has 0 saturated carbocycles. The molecule has 1 aromatic heterocycles. The Hall–Kier alpha value is -1.15. The van der Waals surface area contributed by atoms with E-state index in [2.05, 4.69) is 43.5 Å². The summed E-state index contributed by atoms with van der Waals surface area (Å²) in [5.41, 5.74) is 3.07. The second kappa shape index (κ2) is 5.33. The SMILES string of the molecule is O=c1[nH]c2ccc(C(Br)c3ccc(F)cc3I)cc2o1. The van der Waals surface area contributed by atoms with Gasteiger partial charge in [0, 0.05) is 3.57 Å². The molecule has 3 rings (SSSR count). The monoisotopic (exact) mass is 447 g/mol. The number of fused-ring (bicyclic) bond motifs is 1. The molecule has 3 nitrogen and oxygen atoms in total. The minimum Gasteiger partial charge on any atom is -0.408 e. The Labute approximate surface area is 135 Å². The summed E-state index contributed by atoms with van der Waals surface area (Å²) in [5, 5.41) is 0. The number of halogens is 3. The standard InChI is InChI=1S/C14H8BrFINO2/c15-13(9-3-2-8(16)6-10(9)17)7-1-4-11-12(5-7)20-14(19)18-11/h1-6,13H,(H,18,19). The van der Waals surface area contributed by atoms with Gasteiger partial charge in [-0.25, -0.2) is 9.18 Å². The molecule has 0 aliphatic heterocycles. The lowest BCUT2D eigenvalue weighted by molar-refractivity contribution is 0.555. The zero-order valence-corrected chi connectivity index (χ0v) is 13.7. The van der Waals surface area contributed by atoms with Crippen molar-refractivity contribution in [2.75, 3.05) is 0 Å². The zero-order valence-electron chi connectivity index (χ0n) is 9.99. The number of benzene rings is 2. The highest BCUT2D eigenvalue weighted by Gasteiger charge is 2.15. The van der Waals surface area contributed by atoms with Crippen LogP contribution in [0.15, 0.2) is 45.6 Å². The number of aromatic nitrogens is 1. The molecule has 1 atom stereocenters. The molecule has 0 bridgehead atoms. The first-order valence-electron chi connectivity index (χ1n) is 5.76. The molecule has 0 aliphatic carbocycles. The van der Waals surface area contributed by atoms with Crippen LogP contribution in [-0.4, -0.2) is 4.98 Å². The van der Waals surface area contributed by atoms with E-state index in [-0.39, 0.29) is 10.6 Å². The molecule has 102 valence electrons. The van der Waals surface area contributed by atoms with Gasteiger partial charge < -0.3 is 4.42 Å². The lowest BCUT2D eigenvalue weighted by Gasteiger charge is -2.12. The second-order valence-corrected chi connectivity index (χ2v) is 6.38. The Balaban J connectivity index is 2.06. The van der Waals surface area contributed by atoms with Gasteiger partial charge in [-0.1, -0.05) is 28.1 Å². The van der Waals surface area contributed by atoms with Crippen LogP contribution >= 0.6 is 38.5 Å². The van der Waals surface area contributed by atoms with E-state index in [4.69, 9.17) is 4.42 Å². The van der Waals surface area contributed by atoms with Crippen LogP contribution in [0.2, 0.25) is 0 Å². The summed E-state index contributed by atoms with van der Waals surface area (Å²) in [4.78, 5) is 13.7. The maximum absolute atomic E-state index is 13.2. The Morgan fingerprint density at radius 2 is 2.05 bits per heavy atom. The molecule has 0 fully saturated rings. The molecule has 1 unspecified atom stereocenters. The summed E-state index contributed by atoms with van der Waals surface area (Å²) in [6.07, 6.45) is 0. The molecule has 6 heteroatoms. The van der Waals surface area contributed by atoms with Crippen LogP contribution in [0.4, 0.5) is 4.39 Å². The van der Waals surface area contributed by atoms with E-state index in [0.717, 1.165) is 14.7 Å². The van der Waals surface area contributed by atoms with Crippen LogP contribution in [0.5, 0.6) is 0 Å². The highest BCUT2D eigenvalue weighted by Crippen LogP contribution is 2.34. The van der Waals surface area contributed by atoms with Crippen molar-refractivity contribution in [2.24, 2.45) is 0 Å². The molecular weight excluding hydrogens is 440 g/mol. The molecule has 0 radical (unpaired) electrons. The highest BCUT2D eigenvalue weighted by atomic mass is 127. The summed E-state index contributed by atoms with van der Waals surface area (Å²) in [7, 11) is 0. The fraction of sp³-hybridized carbons (Fsp3) is 0.0714. The number of oxazole rings is 1.